The number of furan rings is 1. The van der Waals surface area contributed by atoms with Crippen LogP contribution < -0.4 is 9.64 Å². The first-order chi connectivity index (χ1) is 28.7. The minimum Gasteiger partial charge on any atom is -0.457 e. The minimum absolute atomic E-state index is 0.578. The van der Waals surface area contributed by atoms with Crippen molar-refractivity contribution < 1.29 is 9.15 Å². The van der Waals surface area contributed by atoms with E-state index < -0.39 is 5.41 Å². The topological polar surface area (TPSA) is 25.6 Å². The summed E-state index contributed by atoms with van der Waals surface area (Å²) in [5, 5.41) is 9.41. The van der Waals surface area contributed by atoms with Gasteiger partial charge in [0.25, 0.3) is 0 Å². The van der Waals surface area contributed by atoms with Gasteiger partial charge in [-0.15, -0.1) is 0 Å². The number of hydrogen-bond acceptors (Lipinski definition) is 3. The summed E-state index contributed by atoms with van der Waals surface area (Å²) in [6.07, 6.45) is 0. The molecule has 3 nitrogen and oxygen atoms in total. The van der Waals surface area contributed by atoms with Gasteiger partial charge in [0.1, 0.15) is 22.7 Å². The molecule has 1 aromatic heterocycles. The molecule has 0 N–H and O–H groups in total. The molecule has 0 amide bonds. The van der Waals surface area contributed by atoms with Crippen molar-refractivity contribution in [2.24, 2.45) is 0 Å². The summed E-state index contributed by atoms with van der Waals surface area (Å²) in [7, 11) is 0. The second kappa shape index (κ2) is 11.7. The lowest BCUT2D eigenvalue weighted by molar-refractivity contribution is 0.436. The van der Waals surface area contributed by atoms with Crippen molar-refractivity contribution in [1.82, 2.24) is 0 Å². The van der Waals surface area contributed by atoms with Crippen molar-refractivity contribution in [2.45, 2.75) is 5.41 Å². The van der Waals surface area contributed by atoms with E-state index >= 15 is 0 Å². The molecule has 2 aliphatic rings. The maximum atomic E-state index is 6.83. The van der Waals surface area contributed by atoms with Crippen LogP contribution in [0.2, 0.25) is 0 Å². The van der Waals surface area contributed by atoms with Gasteiger partial charge >= 0.3 is 0 Å². The standard InChI is InChI=1S/C55H33NO2/c1-3-13-40-34(11-1)21-22-36-31-37(24-28-41(36)40)56(39-25-29-45-46-27-23-35-12-2-4-14-42(35)54(46)58-53(45)33-39)38-26-30-52-50(32-38)55(49-19-9-10-20-51(49)57-52)47-17-7-5-15-43(47)44-16-6-8-18-48(44)55/h1-33H. The third-order valence-electron chi connectivity index (χ3n) is 12.7. The van der Waals surface area contributed by atoms with Crippen LogP contribution in [0.15, 0.2) is 205 Å². The van der Waals surface area contributed by atoms with Gasteiger partial charge in [0.2, 0.25) is 0 Å². The van der Waals surface area contributed by atoms with E-state index in [0.717, 1.165) is 67.0 Å². The molecule has 0 bridgehead atoms. The fourth-order valence-corrected chi connectivity index (χ4v) is 10.2. The monoisotopic (exact) mass is 739 g/mol. The molecular weight excluding hydrogens is 707 g/mol. The number of hydrogen-bond donors (Lipinski definition) is 0. The van der Waals surface area contributed by atoms with Crippen LogP contribution in [0.3, 0.4) is 0 Å². The van der Waals surface area contributed by atoms with Crippen LogP contribution in [0.5, 0.6) is 11.5 Å². The lowest BCUT2D eigenvalue weighted by atomic mass is 9.66. The van der Waals surface area contributed by atoms with E-state index in [-0.39, 0.29) is 0 Å². The van der Waals surface area contributed by atoms with Crippen molar-refractivity contribution >= 4 is 71.3 Å². The van der Waals surface area contributed by atoms with E-state index in [1.165, 1.54) is 49.2 Å². The fourth-order valence-electron chi connectivity index (χ4n) is 10.2. The van der Waals surface area contributed by atoms with E-state index in [1.807, 2.05) is 0 Å². The van der Waals surface area contributed by atoms with E-state index in [2.05, 4.69) is 205 Å². The Hall–Kier alpha value is -7.62. The van der Waals surface area contributed by atoms with Crippen molar-refractivity contribution in [2.75, 3.05) is 4.90 Å². The van der Waals surface area contributed by atoms with Gasteiger partial charge < -0.3 is 14.1 Å². The highest BCUT2D eigenvalue weighted by Gasteiger charge is 2.51. The molecule has 0 saturated heterocycles. The first-order valence-corrected chi connectivity index (χ1v) is 19.9. The van der Waals surface area contributed by atoms with Crippen LogP contribution in [0.25, 0.3) is 65.4 Å². The molecule has 3 heteroatoms. The highest BCUT2D eigenvalue weighted by molar-refractivity contribution is 6.15. The number of nitrogens with zero attached hydrogens (tertiary/aromatic N) is 1. The van der Waals surface area contributed by atoms with Gasteiger partial charge in [-0.1, -0.05) is 140 Å². The average molecular weight is 740 g/mol. The van der Waals surface area contributed by atoms with Crippen LogP contribution in [-0.2, 0) is 5.41 Å². The molecule has 58 heavy (non-hydrogen) atoms. The van der Waals surface area contributed by atoms with Gasteiger partial charge in [-0.3, -0.25) is 0 Å². The maximum Gasteiger partial charge on any atom is 0.143 e. The first-order valence-electron chi connectivity index (χ1n) is 19.9. The third kappa shape index (κ3) is 4.22. The number of benzene rings is 10. The van der Waals surface area contributed by atoms with Crippen LogP contribution in [-0.4, -0.2) is 0 Å². The summed E-state index contributed by atoms with van der Waals surface area (Å²) in [5.41, 5.74) is 11.6. The number of ether oxygens (including phenoxy) is 1. The summed E-state index contributed by atoms with van der Waals surface area (Å²) >= 11 is 0. The zero-order valence-corrected chi connectivity index (χ0v) is 31.3. The predicted octanol–water partition coefficient (Wildman–Crippen LogP) is 15.0. The van der Waals surface area contributed by atoms with Gasteiger partial charge in [0, 0.05) is 50.4 Å². The van der Waals surface area contributed by atoms with Gasteiger partial charge in [-0.2, -0.15) is 0 Å². The Balaban J connectivity index is 1.08. The quantitative estimate of drug-likeness (QED) is 0.169. The van der Waals surface area contributed by atoms with Crippen LogP contribution >= 0.6 is 0 Å². The van der Waals surface area contributed by atoms with E-state index in [4.69, 9.17) is 9.15 Å². The Morgan fingerprint density at radius 2 is 0.879 bits per heavy atom. The molecule has 11 aromatic rings. The summed E-state index contributed by atoms with van der Waals surface area (Å²) in [6, 6.07) is 72.5. The molecule has 13 rings (SSSR count). The SMILES string of the molecule is c1ccc2c(c1)Oc1ccc(N(c3ccc4c(ccc5ccccc54)c3)c3ccc4c(c3)oc3c5ccccc5ccc43)cc1C21c2ccccc2-c2ccccc21. The van der Waals surface area contributed by atoms with Crippen molar-refractivity contribution in [1.29, 1.82) is 0 Å². The summed E-state index contributed by atoms with van der Waals surface area (Å²) in [5.74, 6) is 1.74. The lowest BCUT2D eigenvalue weighted by Crippen LogP contribution is -2.32. The number of anilines is 3. The second-order valence-corrected chi connectivity index (χ2v) is 15.6. The molecule has 1 aliphatic heterocycles. The van der Waals surface area contributed by atoms with Crippen LogP contribution in [0, 0.1) is 0 Å². The van der Waals surface area contributed by atoms with E-state index in [9.17, 15) is 0 Å². The predicted molar refractivity (Wildman–Crippen MR) is 238 cm³/mol. The highest BCUT2D eigenvalue weighted by Crippen LogP contribution is 2.62. The second-order valence-electron chi connectivity index (χ2n) is 15.6. The molecule has 1 aliphatic carbocycles. The molecule has 270 valence electrons. The molecule has 0 radical (unpaired) electrons. The van der Waals surface area contributed by atoms with Gasteiger partial charge in [-0.25, -0.2) is 0 Å². The number of rotatable bonds is 3. The van der Waals surface area contributed by atoms with Gasteiger partial charge in [-0.05, 0) is 104 Å². The highest BCUT2D eigenvalue weighted by atomic mass is 16.5. The van der Waals surface area contributed by atoms with Crippen molar-refractivity contribution in [3.63, 3.8) is 0 Å². The van der Waals surface area contributed by atoms with Gasteiger partial charge in [0.05, 0.1) is 5.41 Å². The Morgan fingerprint density at radius 1 is 0.345 bits per heavy atom. The normalized spacial score (nSPS) is 13.4. The van der Waals surface area contributed by atoms with E-state index in [0.29, 0.717) is 0 Å². The minimum atomic E-state index is -0.578. The Kier molecular flexibility index (Phi) is 6.37. The number of para-hydroxylation sites is 1. The first kappa shape index (κ1) is 31.6. The Bertz CT molecular complexity index is 3480. The molecule has 10 aromatic carbocycles. The van der Waals surface area contributed by atoms with Gasteiger partial charge in [0.15, 0.2) is 0 Å². The lowest BCUT2D eigenvalue weighted by Gasteiger charge is -2.40. The third-order valence-corrected chi connectivity index (χ3v) is 12.7. The summed E-state index contributed by atoms with van der Waals surface area (Å²) < 4.78 is 13.6. The zero-order chi connectivity index (χ0) is 38.0. The molecule has 0 atom stereocenters. The van der Waals surface area contributed by atoms with Crippen molar-refractivity contribution in [3.05, 3.63) is 222 Å². The van der Waals surface area contributed by atoms with E-state index in [1.54, 1.807) is 0 Å². The zero-order valence-electron chi connectivity index (χ0n) is 31.3. The largest absolute Gasteiger partial charge is 0.457 e. The Morgan fingerprint density at radius 3 is 1.69 bits per heavy atom. The number of fused-ring (bicyclic) bond motifs is 17. The molecular formula is C55H33NO2. The molecule has 1 spiro atoms. The average Bonchev–Trinajstić information content (AvgIpc) is 3.81. The maximum absolute atomic E-state index is 6.83. The van der Waals surface area contributed by atoms with Crippen molar-refractivity contribution in [3.8, 4) is 22.6 Å². The summed E-state index contributed by atoms with van der Waals surface area (Å²) in [4.78, 5) is 2.38. The molecule has 2 heterocycles. The molecule has 0 saturated carbocycles. The molecule has 0 unspecified atom stereocenters. The fraction of sp³-hybridized carbons (Fsp3) is 0.0182. The summed E-state index contributed by atoms with van der Waals surface area (Å²) in [6.45, 7) is 0. The smallest absolute Gasteiger partial charge is 0.143 e. The molecule has 0 fully saturated rings. The Labute approximate surface area is 334 Å². The van der Waals surface area contributed by atoms with Crippen LogP contribution in [0.1, 0.15) is 22.3 Å². The van der Waals surface area contributed by atoms with Crippen LogP contribution in [0.4, 0.5) is 17.1 Å².